The maximum absolute atomic E-state index is 6.36. The Kier molecular flexibility index (Phi) is 10.7. The molecule has 1 aliphatic rings. The van der Waals surface area contributed by atoms with E-state index in [0.29, 0.717) is 52.9 Å². The molecule has 0 unspecified atom stereocenters. The van der Waals surface area contributed by atoms with E-state index < -0.39 is 0 Å². The molecule has 44 heavy (non-hydrogen) atoms. The lowest BCUT2D eigenvalue weighted by Gasteiger charge is -2.32. The smallest absolute Gasteiger partial charge is 0.295 e. The van der Waals surface area contributed by atoms with E-state index in [1.807, 2.05) is 55.1 Å². The predicted molar refractivity (Wildman–Crippen MR) is 175 cm³/mol. The number of aromatic nitrogens is 3. The average Bonchev–Trinajstić information content (AvgIpc) is 3.49. The lowest BCUT2D eigenvalue weighted by Crippen LogP contribution is -2.39. The first-order valence-electron chi connectivity index (χ1n) is 14.7. The summed E-state index contributed by atoms with van der Waals surface area (Å²) in [6.45, 7) is 5.86. The highest BCUT2D eigenvalue weighted by Crippen LogP contribution is 2.38. The second kappa shape index (κ2) is 15.0. The third kappa shape index (κ3) is 7.67. The molecule has 4 aromatic rings. The van der Waals surface area contributed by atoms with E-state index in [1.165, 1.54) is 0 Å². The van der Waals surface area contributed by atoms with Gasteiger partial charge in [-0.2, -0.15) is 16.7 Å². The molecule has 1 fully saturated rings. The molecule has 0 radical (unpaired) electrons. The number of rotatable bonds is 14. The molecule has 12 heteroatoms. The lowest BCUT2D eigenvalue weighted by molar-refractivity contribution is 0.101. The summed E-state index contributed by atoms with van der Waals surface area (Å²) >= 11 is 1.89. The van der Waals surface area contributed by atoms with Crippen LogP contribution in [0.25, 0.3) is 22.7 Å². The SMILES string of the molecule is CCNc1nc(-c2cc(OC)cc(OC)c2)c(-c2ccnc(Nc3ccc(OC4CCN(CCSC)CC4)c(OC)c3)n2)o1. The fourth-order valence-electron chi connectivity index (χ4n) is 5.03. The Morgan fingerprint density at radius 1 is 0.955 bits per heavy atom. The second-order valence-electron chi connectivity index (χ2n) is 10.2. The summed E-state index contributed by atoms with van der Waals surface area (Å²) in [4.78, 5) is 16.4. The molecule has 0 amide bonds. The summed E-state index contributed by atoms with van der Waals surface area (Å²) in [7, 11) is 4.87. The van der Waals surface area contributed by atoms with Crippen LogP contribution in [-0.2, 0) is 0 Å². The molecule has 0 aliphatic carbocycles. The van der Waals surface area contributed by atoms with E-state index >= 15 is 0 Å². The summed E-state index contributed by atoms with van der Waals surface area (Å²) in [5.41, 5.74) is 2.69. The van der Waals surface area contributed by atoms with E-state index in [1.54, 1.807) is 33.6 Å². The molecule has 5 rings (SSSR count). The summed E-state index contributed by atoms with van der Waals surface area (Å²) in [5, 5.41) is 6.44. The molecule has 2 aromatic carbocycles. The van der Waals surface area contributed by atoms with Gasteiger partial charge in [0.2, 0.25) is 5.95 Å². The van der Waals surface area contributed by atoms with Crippen LogP contribution in [0.1, 0.15) is 19.8 Å². The van der Waals surface area contributed by atoms with Crippen LogP contribution in [0.4, 0.5) is 17.7 Å². The molecule has 234 valence electrons. The Balaban J connectivity index is 1.35. The van der Waals surface area contributed by atoms with Crippen LogP contribution in [0.2, 0.25) is 0 Å². The second-order valence-corrected chi connectivity index (χ2v) is 11.2. The van der Waals surface area contributed by atoms with E-state index in [0.717, 1.165) is 55.2 Å². The molecule has 1 aliphatic heterocycles. The number of ether oxygens (including phenoxy) is 4. The maximum Gasteiger partial charge on any atom is 0.295 e. The fourth-order valence-corrected chi connectivity index (χ4v) is 5.47. The van der Waals surface area contributed by atoms with Gasteiger partial charge in [0.05, 0.1) is 21.3 Å². The van der Waals surface area contributed by atoms with Gasteiger partial charge in [0, 0.05) is 61.5 Å². The zero-order valence-electron chi connectivity index (χ0n) is 25.9. The van der Waals surface area contributed by atoms with Crippen molar-refractivity contribution in [2.24, 2.45) is 0 Å². The van der Waals surface area contributed by atoms with Crippen molar-refractivity contribution in [2.75, 3.05) is 70.2 Å². The number of benzene rings is 2. The highest BCUT2D eigenvalue weighted by Gasteiger charge is 2.23. The lowest BCUT2D eigenvalue weighted by atomic mass is 10.1. The Labute approximate surface area is 262 Å². The molecule has 11 nitrogen and oxygen atoms in total. The predicted octanol–water partition coefficient (Wildman–Crippen LogP) is 6.21. The monoisotopic (exact) mass is 620 g/mol. The average molecular weight is 621 g/mol. The summed E-state index contributed by atoms with van der Waals surface area (Å²) < 4.78 is 29.1. The molecule has 0 spiro atoms. The van der Waals surface area contributed by atoms with Crippen molar-refractivity contribution in [1.82, 2.24) is 19.9 Å². The highest BCUT2D eigenvalue weighted by molar-refractivity contribution is 7.98. The maximum atomic E-state index is 6.36. The van der Waals surface area contributed by atoms with Gasteiger partial charge in [-0.1, -0.05) is 0 Å². The summed E-state index contributed by atoms with van der Waals surface area (Å²) in [6, 6.07) is 13.5. The third-order valence-electron chi connectivity index (χ3n) is 7.33. The number of piperidine rings is 1. The van der Waals surface area contributed by atoms with Crippen LogP contribution < -0.4 is 29.6 Å². The van der Waals surface area contributed by atoms with Crippen molar-refractivity contribution < 1.29 is 23.4 Å². The van der Waals surface area contributed by atoms with E-state index in [2.05, 4.69) is 26.8 Å². The van der Waals surface area contributed by atoms with Crippen molar-refractivity contribution in [3.8, 4) is 45.7 Å². The van der Waals surface area contributed by atoms with Crippen LogP contribution in [0.5, 0.6) is 23.0 Å². The Morgan fingerprint density at radius 3 is 2.41 bits per heavy atom. The van der Waals surface area contributed by atoms with Crippen LogP contribution in [0, 0.1) is 0 Å². The minimum atomic E-state index is 0.168. The van der Waals surface area contributed by atoms with E-state index in [-0.39, 0.29) is 6.10 Å². The van der Waals surface area contributed by atoms with Crippen LogP contribution in [-0.4, -0.2) is 85.5 Å². The zero-order chi connectivity index (χ0) is 30.9. The first-order chi connectivity index (χ1) is 21.5. The number of nitrogens with zero attached hydrogens (tertiary/aromatic N) is 4. The first-order valence-corrected chi connectivity index (χ1v) is 16.1. The van der Waals surface area contributed by atoms with Gasteiger partial charge in [0.15, 0.2) is 17.3 Å². The number of oxazole rings is 1. The van der Waals surface area contributed by atoms with Crippen LogP contribution in [0.3, 0.4) is 0 Å². The van der Waals surface area contributed by atoms with Gasteiger partial charge >= 0.3 is 0 Å². The van der Waals surface area contributed by atoms with Crippen LogP contribution in [0.15, 0.2) is 53.1 Å². The minimum absolute atomic E-state index is 0.168. The van der Waals surface area contributed by atoms with Crippen molar-refractivity contribution >= 4 is 29.4 Å². The molecule has 0 bridgehead atoms. The number of nitrogens with one attached hydrogen (secondary N) is 2. The summed E-state index contributed by atoms with van der Waals surface area (Å²) in [5.74, 6) is 4.70. The van der Waals surface area contributed by atoms with E-state index in [4.69, 9.17) is 33.3 Å². The van der Waals surface area contributed by atoms with Gasteiger partial charge < -0.3 is 38.9 Å². The van der Waals surface area contributed by atoms with Crippen molar-refractivity contribution in [2.45, 2.75) is 25.9 Å². The summed E-state index contributed by atoms with van der Waals surface area (Å²) in [6.07, 6.45) is 6.00. The normalized spacial score (nSPS) is 13.8. The number of anilines is 3. The van der Waals surface area contributed by atoms with Crippen molar-refractivity contribution in [3.05, 3.63) is 48.7 Å². The van der Waals surface area contributed by atoms with Crippen molar-refractivity contribution in [1.29, 1.82) is 0 Å². The van der Waals surface area contributed by atoms with Gasteiger partial charge in [-0.3, -0.25) is 0 Å². The number of hydrogen-bond donors (Lipinski definition) is 2. The first kappa shape index (κ1) is 31.3. The number of methoxy groups -OCH3 is 3. The largest absolute Gasteiger partial charge is 0.497 e. The highest BCUT2D eigenvalue weighted by atomic mass is 32.2. The van der Waals surface area contributed by atoms with Crippen LogP contribution >= 0.6 is 11.8 Å². The molecule has 3 heterocycles. The van der Waals surface area contributed by atoms with Gasteiger partial charge in [0.25, 0.3) is 6.01 Å². The number of thioether (sulfide) groups is 1. The molecule has 2 aromatic heterocycles. The molecule has 2 N–H and O–H groups in total. The fraction of sp³-hybridized carbons (Fsp3) is 0.406. The van der Waals surface area contributed by atoms with Gasteiger partial charge in [0.1, 0.15) is 29.0 Å². The third-order valence-corrected chi connectivity index (χ3v) is 7.92. The molecular formula is C32H40N6O5S. The Morgan fingerprint density at radius 2 is 1.73 bits per heavy atom. The van der Waals surface area contributed by atoms with Crippen molar-refractivity contribution in [3.63, 3.8) is 0 Å². The minimum Gasteiger partial charge on any atom is -0.497 e. The van der Waals surface area contributed by atoms with Gasteiger partial charge in [-0.15, -0.1) is 0 Å². The molecular weight excluding hydrogens is 580 g/mol. The van der Waals surface area contributed by atoms with Gasteiger partial charge in [-0.25, -0.2) is 9.97 Å². The number of hydrogen-bond acceptors (Lipinski definition) is 12. The quantitative estimate of drug-likeness (QED) is 0.167. The van der Waals surface area contributed by atoms with E-state index in [9.17, 15) is 0 Å². The van der Waals surface area contributed by atoms with Gasteiger partial charge in [-0.05, 0) is 56.4 Å². The zero-order valence-corrected chi connectivity index (χ0v) is 26.7. The Hall–Kier alpha value is -4.16. The number of likely N-dealkylation sites (tertiary alicyclic amines) is 1. The standard InChI is InChI=1S/C32H40N6O5S/c1-6-33-32-37-29(21-17-24(39-2)20-25(18-21)40-3)30(43-32)26-9-12-34-31(36-26)35-22-7-8-27(28(19-22)41-4)42-23-10-13-38(14-11-23)15-16-44-5/h7-9,12,17-20,23H,6,10-11,13-16H2,1-5H3,(H,33,37)(H,34,35,36). The Bertz CT molecular complexity index is 1500. The molecule has 1 saturated heterocycles. The topological polar surface area (TPSA) is 116 Å². The molecule has 0 saturated carbocycles. The molecule has 0 atom stereocenters.